The minimum atomic E-state index is -2.31. The average Bonchev–Trinajstić information content (AvgIpc) is 3.45. The highest BCUT2D eigenvalue weighted by molar-refractivity contribution is 6.05. The summed E-state index contributed by atoms with van der Waals surface area (Å²) in [5, 5.41) is 43.8. The highest BCUT2D eigenvalue weighted by Gasteiger charge is 2.87. The van der Waals surface area contributed by atoms with Gasteiger partial charge >= 0.3 is 5.97 Å². The van der Waals surface area contributed by atoms with E-state index in [1.165, 1.54) is 10.9 Å². The fraction of sp³-hybridized carbons (Fsp3) is 0.600. The smallest absolute Gasteiger partial charge is 0.360 e. The predicted octanol–water partition coefficient (Wildman–Crippen LogP) is 2.13. The number of nitrogens with zero attached hydrogens (tertiary/aromatic N) is 3. The largest absolute Gasteiger partial charge is 0.456 e. The lowest BCUT2D eigenvalue weighted by Gasteiger charge is -2.74. The van der Waals surface area contributed by atoms with Crippen LogP contribution < -0.4 is 0 Å². The summed E-state index contributed by atoms with van der Waals surface area (Å²) in [6.07, 6.45) is 0.141. The zero-order valence-corrected chi connectivity index (χ0v) is 22.9. The summed E-state index contributed by atoms with van der Waals surface area (Å²) in [5.41, 5.74) is -1.22. The lowest BCUT2D eigenvalue weighted by atomic mass is 9.35. The summed E-state index contributed by atoms with van der Waals surface area (Å²) in [7, 11) is 0. The fourth-order valence-electron chi connectivity index (χ4n) is 9.39. The summed E-state index contributed by atoms with van der Waals surface area (Å²) in [4.78, 5) is 27.8. The van der Waals surface area contributed by atoms with Crippen molar-refractivity contribution >= 4 is 11.8 Å². The van der Waals surface area contributed by atoms with Crippen LogP contribution in [0.2, 0.25) is 0 Å². The normalized spacial score (nSPS) is 42.9. The van der Waals surface area contributed by atoms with Gasteiger partial charge in [-0.2, -0.15) is 0 Å². The van der Waals surface area contributed by atoms with Crippen LogP contribution >= 0.6 is 0 Å². The minimum Gasteiger partial charge on any atom is -0.456 e. The molecule has 9 atom stereocenters. The molecule has 4 bridgehead atoms. The van der Waals surface area contributed by atoms with Crippen LogP contribution in [0, 0.1) is 40.9 Å². The molecule has 10 nitrogen and oxygen atoms in total. The van der Waals surface area contributed by atoms with E-state index in [1.54, 1.807) is 0 Å². The minimum absolute atomic E-state index is 0.0121. The molecular formula is C30H35N3O7. The van der Waals surface area contributed by atoms with E-state index >= 15 is 0 Å². The fourth-order valence-corrected chi connectivity index (χ4v) is 9.39. The Hall–Kier alpha value is -2.92. The average molecular weight is 550 g/mol. The molecular weight excluding hydrogens is 514 g/mol. The summed E-state index contributed by atoms with van der Waals surface area (Å²) in [6, 6.07) is 7.55. The molecule has 2 aromatic rings. The molecule has 8 rings (SSSR count). The van der Waals surface area contributed by atoms with Gasteiger partial charge in [-0.3, -0.25) is 4.79 Å². The van der Waals surface area contributed by atoms with Crippen LogP contribution in [0.15, 0.2) is 42.6 Å². The van der Waals surface area contributed by atoms with Crippen molar-refractivity contribution in [3.63, 3.8) is 0 Å². The Balaban J connectivity index is 1.31. The number of aliphatic hydroxyl groups excluding tert-OH is 2. The lowest BCUT2D eigenvalue weighted by Crippen LogP contribution is -2.85. The third kappa shape index (κ3) is 2.87. The van der Waals surface area contributed by atoms with Crippen LogP contribution in [-0.4, -0.2) is 72.8 Å². The number of aromatic nitrogens is 3. The Morgan fingerprint density at radius 2 is 1.90 bits per heavy atom. The number of aryl methyl sites for hydroxylation is 1. The van der Waals surface area contributed by atoms with E-state index < -0.39 is 69.9 Å². The van der Waals surface area contributed by atoms with E-state index in [0.717, 1.165) is 5.56 Å². The molecule has 0 radical (unpaired) electrons. The quantitative estimate of drug-likeness (QED) is 0.387. The van der Waals surface area contributed by atoms with Crippen molar-refractivity contribution < 1.29 is 34.4 Å². The third-order valence-corrected chi connectivity index (χ3v) is 11.1. The van der Waals surface area contributed by atoms with Gasteiger partial charge in [0.25, 0.3) is 0 Å². The van der Waals surface area contributed by atoms with Crippen LogP contribution in [-0.2, 0) is 14.3 Å². The molecule has 2 aliphatic heterocycles. The van der Waals surface area contributed by atoms with Gasteiger partial charge < -0.3 is 24.8 Å². The molecule has 4 aliphatic carbocycles. The monoisotopic (exact) mass is 549 g/mol. The van der Waals surface area contributed by atoms with E-state index in [0.29, 0.717) is 31.4 Å². The number of hydrogen-bond acceptors (Lipinski definition) is 9. The molecule has 3 heterocycles. The van der Waals surface area contributed by atoms with Crippen molar-refractivity contribution in [3.05, 3.63) is 53.9 Å². The zero-order chi connectivity index (χ0) is 28.4. The van der Waals surface area contributed by atoms with E-state index in [2.05, 4.69) is 16.9 Å². The maximum Gasteiger partial charge on any atom is 0.360 e. The summed E-state index contributed by atoms with van der Waals surface area (Å²) in [5.74, 6) is -5.21. The molecule has 1 aromatic heterocycles. The lowest BCUT2D eigenvalue weighted by molar-refractivity contribution is -0.457. The first kappa shape index (κ1) is 26.0. The SMILES string of the molecule is C=C1C(=O)[C@]23[C@H](OC(=O)c4cn(-c5ccc(C)cc5)nn4)[C@H]1CC[C@H]2[C@@]12CO[C@]3(O)[C@@H](O)[C@@H]1C(C)(C)CC[C@@H]2O. The highest BCUT2D eigenvalue weighted by Crippen LogP contribution is 2.76. The van der Waals surface area contributed by atoms with Crippen LogP contribution in [0.25, 0.3) is 5.69 Å². The first-order valence-electron chi connectivity index (χ1n) is 14.1. The Labute approximate surface area is 232 Å². The number of hydrogen-bond donors (Lipinski definition) is 3. The second-order valence-electron chi connectivity index (χ2n) is 13.2. The molecule has 3 N–H and O–H groups in total. The number of ketones is 1. The van der Waals surface area contributed by atoms with Gasteiger partial charge in [0.1, 0.15) is 17.6 Å². The molecule has 0 amide bonds. The number of Topliss-reactive ketones (excluding diaryl/α,β-unsaturated/α-hetero) is 1. The summed E-state index contributed by atoms with van der Waals surface area (Å²) in [6.45, 7) is 10.1. The van der Waals surface area contributed by atoms with E-state index in [4.69, 9.17) is 9.47 Å². The number of aliphatic hydroxyl groups is 3. The van der Waals surface area contributed by atoms with Gasteiger partial charge in [-0.1, -0.05) is 43.3 Å². The molecule has 6 fully saturated rings. The topological polar surface area (TPSA) is 144 Å². The molecule has 6 aliphatic rings. The van der Waals surface area contributed by atoms with Crippen molar-refractivity contribution in [2.45, 2.75) is 70.6 Å². The Kier molecular flexibility index (Phi) is 5.26. The summed E-state index contributed by atoms with van der Waals surface area (Å²) >= 11 is 0. The maximum absolute atomic E-state index is 14.2. The number of rotatable bonds is 3. The van der Waals surface area contributed by atoms with Crippen molar-refractivity contribution in [1.29, 1.82) is 0 Å². The maximum atomic E-state index is 14.2. The number of fused-ring (bicyclic) bond motifs is 2. The van der Waals surface area contributed by atoms with Gasteiger partial charge in [0, 0.05) is 17.3 Å². The van der Waals surface area contributed by atoms with Gasteiger partial charge in [0.05, 0.1) is 24.6 Å². The number of carbonyl (C=O) groups excluding carboxylic acids is 2. The zero-order valence-electron chi connectivity index (χ0n) is 22.9. The van der Waals surface area contributed by atoms with Crippen LogP contribution in [0.1, 0.15) is 55.6 Å². The number of ether oxygens (including phenoxy) is 2. The Morgan fingerprint density at radius 1 is 1.18 bits per heavy atom. The van der Waals surface area contributed by atoms with Crippen molar-refractivity contribution in [2.75, 3.05) is 6.61 Å². The van der Waals surface area contributed by atoms with Crippen molar-refractivity contribution in [1.82, 2.24) is 15.0 Å². The van der Waals surface area contributed by atoms with Gasteiger partial charge in [0.2, 0.25) is 5.79 Å². The van der Waals surface area contributed by atoms with Crippen molar-refractivity contribution in [3.8, 4) is 5.69 Å². The summed E-state index contributed by atoms with van der Waals surface area (Å²) < 4.78 is 13.6. The number of benzene rings is 1. The van der Waals surface area contributed by atoms with Crippen LogP contribution in [0.4, 0.5) is 0 Å². The van der Waals surface area contributed by atoms with E-state index in [-0.39, 0.29) is 17.9 Å². The molecule has 212 valence electrons. The molecule has 40 heavy (non-hydrogen) atoms. The molecule has 0 unspecified atom stereocenters. The molecule has 2 saturated heterocycles. The number of carbonyl (C=O) groups is 2. The van der Waals surface area contributed by atoms with Gasteiger partial charge in [-0.15, -0.1) is 5.10 Å². The highest BCUT2D eigenvalue weighted by atomic mass is 16.6. The van der Waals surface area contributed by atoms with Gasteiger partial charge in [0.15, 0.2) is 11.5 Å². The molecule has 4 saturated carbocycles. The number of esters is 1. The predicted molar refractivity (Wildman–Crippen MR) is 140 cm³/mol. The third-order valence-electron chi connectivity index (χ3n) is 11.1. The van der Waals surface area contributed by atoms with E-state index in [9.17, 15) is 24.9 Å². The Bertz CT molecular complexity index is 1430. The molecule has 10 heteroatoms. The van der Waals surface area contributed by atoms with E-state index in [1.807, 2.05) is 45.0 Å². The second-order valence-corrected chi connectivity index (χ2v) is 13.2. The van der Waals surface area contributed by atoms with Gasteiger partial charge in [-0.05, 0) is 61.6 Å². The molecule has 1 aromatic carbocycles. The van der Waals surface area contributed by atoms with Crippen LogP contribution in [0.3, 0.4) is 0 Å². The first-order valence-corrected chi connectivity index (χ1v) is 14.1. The second kappa shape index (κ2) is 8.09. The standard InChI is InChI=1S/C30H35N3O7/c1-15-5-7-17(8-6-15)33-13-19(31-32-33)26(37)40-25-18-9-10-20-28-14-39-30(38,29(20,25)23(35)16(18)2)24(36)22(28)27(3,4)12-11-21(28)34/h5-8,13,18,20-22,24-25,34,36,38H,2,9-12,14H2,1,3-4H3/t18-,20-,21-,22+,24-,25+,28+,29-,30+/m0/s1. The van der Waals surface area contributed by atoms with Gasteiger partial charge in [-0.25, -0.2) is 9.48 Å². The molecule has 2 spiro atoms. The van der Waals surface area contributed by atoms with Crippen LogP contribution in [0.5, 0.6) is 0 Å². The Morgan fingerprint density at radius 3 is 2.62 bits per heavy atom. The first-order chi connectivity index (χ1) is 18.9. The van der Waals surface area contributed by atoms with Crippen molar-refractivity contribution in [2.24, 2.45) is 34.0 Å².